The molecule has 25 heavy (non-hydrogen) atoms. The van der Waals surface area contributed by atoms with Crippen molar-refractivity contribution in [2.45, 2.75) is 52.2 Å². The third-order valence-corrected chi connectivity index (χ3v) is 5.39. The Morgan fingerprint density at radius 1 is 1.52 bits per heavy atom. The van der Waals surface area contributed by atoms with Gasteiger partial charge in [-0.25, -0.2) is 9.67 Å². The SMILES string of the molecule is Cc1nc(C)n(CC(C)C(=O)N[C@@H]2CCC(=O)N[C@H]2c2cccs2)n1. The smallest absolute Gasteiger partial charge is 0.225 e. The average molecular weight is 361 g/mol. The Kier molecular flexibility index (Phi) is 5.17. The van der Waals surface area contributed by atoms with E-state index in [0.717, 1.165) is 10.7 Å². The highest BCUT2D eigenvalue weighted by molar-refractivity contribution is 7.10. The number of rotatable bonds is 5. The van der Waals surface area contributed by atoms with Gasteiger partial charge in [-0.15, -0.1) is 11.3 Å². The van der Waals surface area contributed by atoms with Gasteiger partial charge < -0.3 is 10.6 Å². The number of piperidine rings is 1. The van der Waals surface area contributed by atoms with Gasteiger partial charge in [0.2, 0.25) is 11.8 Å². The molecule has 3 rings (SSSR count). The van der Waals surface area contributed by atoms with Crippen molar-refractivity contribution in [2.24, 2.45) is 5.92 Å². The van der Waals surface area contributed by atoms with Crippen molar-refractivity contribution in [1.82, 2.24) is 25.4 Å². The lowest BCUT2D eigenvalue weighted by atomic mass is 9.96. The summed E-state index contributed by atoms with van der Waals surface area (Å²) >= 11 is 1.59. The van der Waals surface area contributed by atoms with E-state index in [1.807, 2.05) is 38.3 Å². The topological polar surface area (TPSA) is 88.9 Å². The first kappa shape index (κ1) is 17.6. The summed E-state index contributed by atoms with van der Waals surface area (Å²) in [7, 11) is 0. The first-order chi connectivity index (χ1) is 11.9. The molecule has 7 nitrogen and oxygen atoms in total. The molecule has 1 aliphatic rings. The molecule has 1 aliphatic heterocycles. The van der Waals surface area contributed by atoms with Crippen LogP contribution in [0.5, 0.6) is 0 Å². The van der Waals surface area contributed by atoms with Crippen LogP contribution in [0.15, 0.2) is 17.5 Å². The molecular weight excluding hydrogens is 338 g/mol. The summed E-state index contributed by atoms with van der Waals surface area (Å²) < 4.78 is 1.76. The Balaban J connectivity index is 1.66. The third-order valence-electron chi connectivity index (χ3n) is 4.44. The van der Waals surface area contributed by atoms with Gasteiger partial charge in [-0.2, -0.15) is 5.10 Å². The number of thiophene rings is 1. The fraction of sp³-hybridized carbons (Fsp3) is 0.529. The van der Waals surface area contributed by atoms with E-state index in [9.17, 15) is 9.59 Å². The molecule has 0 saturated carbocycles. The fourth-order valence-electron chi connectivity index (χ4n) is 3.09. The minimum Gasteiger partial charge on any atom is -0.351 e. The second kappa shape index (κ2) is 7.35. The second-order valence-electron chi connectivity index (χ2n) is 6.50. The van der Waals surface area contributed by atoms with Gasteiger partial charge in [0, 0.05) is 11.3 Å². The Labute approximate surface area is 150 Å². The molecule has 2 aromatic rings. The quantitative estimate of drug-likeness (QED) is 0.849. The minimum absolute atomic E-state index is 0.0322. The number of hydrogen-bond donors (Lipinski definition) is 2. The van der Waals surface area contributed by atoms with Gasteiger partial charge in [0.05, 0.1) is 24.5 Å². The van der Waals surface area contributed by atoms with Crippen LogP contribution in [0.25, 0.3) is 0 Å². The highest BCUT2D eigenvalue weighted by atomic mass is 32.1. The average Bonchev–Trinajstić information content (AvgIpc) is 3.19. The van der Waals surface area contributed by atoms with Crippen molar-refractivity contribution in [3.05, 3.63) is 34.0 Å². The fourth-order valence-corrected chi connectivity index (χ4v) is 3.94. The summed E-state index contributed by atoms with van der Waals surface area (Å²) in [5.41, 5.74) is 0. The zero-order chi connectivity index (χ0) is 18.0. The maximum absolute atomic E-state index is 12.6. The Hall–Kier alpha value is -2.22. The lowest BCUT2D eigenvalue weighted by Crippen LogP contribution is -2.51. The second-order valence-corrected chi connectivity index (χ2v) is 7.48. The Morgan fingerprint density at radius 3 is 2.96 bits per heavy atom. The molecule has 2 aromatic heterocycles. The number of carbonyl (C=O) groups is 2. The van der Waals surface area contributed by atoms with E-state index >= 15 is 0 Å². The van der Waals surface area contributed by atoms with Crippen LogP contribution in [0.3, 0.4) is 0 Å². The lowest BCUT2D eigenvalue weighted by Gasteiger charge is -2.33. The van der Waals surface area contributed by atoms with Crippen molar-refractivity contribution < 1.29 is 9.59 Å². The van der Waals surface area contributed by atoms with Crippen molar-refractivity contribution >= 4 is 23.2 Å². The summed E-state index contributed by atoms with van der Waals surface area (Å²) in [6, 6.07) is 3.70. The monoisotopic (exact) mass is 361 g/mol. The van der Waals surface area contributed by atoms with Gasteiger partial charge in [0.15, 0.2) is 0 Å². The predicted molar refractivity (Wildman–Crippen MR) is 95.0 cm³/mol. The Morgan fingerprint density at radius 2 is 2.32 bits per heavy atom. The van der Waals surface area contributed by atoms with E-state index in [1.54, 1.807) is 16.0 Å². The van der Waals surface area contributed by atoms with Crippen LogP contribution in [0, 0.1) is 19.8 Å². The zero-order valence-electron chi connectivity index (χ0n) is 14.7. The van der Waals surface area contributed by atoms with Crippen molar-refractivity contribution in [3.63, 3.8) is 0 Å². The molecule has 0 bridgehead atoms. The molecule has 2 amide bonds. The van der Waals surface area contributed by atoms with E-state index in [-0.39, 0.29) is 29.8 Å². The molecule has 3 atom stereocenters. The van der Waals surface area contributed by atoms with Crippen LogP contribution in [-0.4, -0.2) is 32.6 Å². The third kappa shape index (κ3) is 4.07. The number of aromatic nitrogens is 3. The molecule has 0 radical (unpaired) electrons. The summed E-state index contributed by atoms with van der Waals surface area (Å²) in [6.45, 7) is 6.09. The molecule has 2 N–H and O–H groups in total. The molecule has 3 heterocycles. The maximum Gasteiger partial charge on any atom is 0.225 e. The highest BCUT2D eigenvalue weighted by Gasteiger charge is 2.32. The summed E-state index contributed by atoms with van der Waals surface area (Å²) in [5, 5.41) is 12.4. The van der Waals surface area contributed by atoms with E-state index in [0.29, 0.717) is 25.2 Å². The van der Waals surface area contributed by atoms with Gasteiger partial charge in [-0.1, -0.05) is 13.0 Å². The number of carbonyl (C=O) groups excluding carboxylic acids is 2. The standard InChI is InChI=1S/C17H23N5O2S/c1-10(9-22-12(3)18-11(2)21-22)17(24)19-13-6-7-15(23)20-16(13)14-5-4-8-25-14/h4-5,8,10,13,16H,6-7,9H2,1-3H3,(H,19,24)(H,20,23)/t10?,13-,16-/m1/s1. The van der Waals surface area contributed by atoms with E-state index in [1.165, 1.54) is 0 Å². The molecular formula is C17H23N5O2S. The van der Waals surface area contributed by atoms with Crippen molar-refractivity contribution in [3.8, 4) is 0 Å². The number of nitrogens with zero attached hydrogens (tertiary/aromatic N) is 3. The van der Waals surface area contributed by atoms with Gasteiger partial charge in [0.25, 0.3) is 0 Å². The lowest BCUT2D eigenvalue weighted by molar-refractivity contribution is -0.129. The van der Waals surface area contributed by atoms with Crippen LogP contribution in [0.2, 0.25) is 0 Å². The summed E-state index contributed by atoms with van der Waals surface area (Å²) in [6.07, 6.45) is 1.08. The Bertz CT molecular complexity index is 755. The molecule has 1 fully saturated rings. The zero-order valence-corrected chi connectivity index (χ0v) is 15.5. The largest absolute Gasteiger partial charge is 0.351 e. The van der Waals surface area contributed by atoms with Crippen LogP contribution >= 0.6 is 11.3 Å². The normalized spacial score (nSPS) is 21.6. The first-order valence-electron chi connectivity index (χ1n) is 8.45. The molecule has 1 unspecified atom stereocenters. The van der Waals surface area contributed by atoms with Gasteiger partial charge in [-0.3, -0.25) is 9.59 Å². The molecule has 0 spiro atoms. The van der Waals surface area contributed by atoms with Gasteiger partial charge >= 0.3 is 0 Å². The molecule has 0 aliphatic carbocycles. The van der Waals surface area contributed by atoms with Crippen LogP contribution in [0.1, 0.15) is 42.3 Å². The van der Waals surface area contributed by atoms with Crippen molar-refractivity contribution in [2.75, 3.05) is 0 Å². The first-order valence-corrected chi connectivity index (χ1v) is 9.33. The number of hydrogen-bond acceptors (Lipinski definition) is 5. The predicted octanol–water partition coefficient (Wildman–Crippen LogP) is 1.73. The summed E-state index contributed by atoms with van der Waals surface area (Å²) in [5.74, 6) is 1.28. The highest BCUT2D eigenvalue weighted by Crippen LogP contribution is 2.27. The van der Waals surface area contributed by atoms with Crippen LogP contribution in [0.4, 0.5) is 0 Å². The maximum atomic E-state index is 12.6. The molecule has 1 saturated heterocycles. The van der Waals surface area contributed by atoms with Gasteiger partial charge in [0.1, 0.15) is 11.6 Å². The number of amides is 2. The van der Waals surface area contributed by atoms with E-state index in [2.05, 4.69) is 20.7 Å². The minimum atomic E-state index is -0.235. The van der Waals surface area contributed by atoms with Crippen LogP contribution < -0.4 is 10.6 Å². The van der Waals surface area contributed by atoms with Crippen LogP contribution in [-0.2, 0) is 16.1 Å². The summed E-state index contributed by atoms with van der Waals surface area (Å²) in [4.78, 5) is 29.8. The molecule has 8 heteroatoms. The van der Waals surface area contributed by atoms with E-state index in [4.69, 9.17) is 0 Å². The van der Waals surface area contributed by atoms with Crippen molar-refractivity contribution in [1.29, 1.82) is 0 Å². The van der Waals surface area contributed by atoms with E-state index < -0.39 is 0 Å². The van der Waals surface area contributed by atoms with Gasteiger partial charge in [-0.05, 0) is 31.7 Å². The molecule has 0 aromatic carbocycles. The number of nitrogens with one attached hydrogen (secondary N) is 2. The molecule has 134 valence electrons. The number of aryl methyl sites for hydroxylation is 2.